The van der Waals surface area contributed by atoms with Crippen molar-refractivity contribution in [3.05, 3.63) is 12.2 Å². The van der Waals surface area contributed by atoms with E-state index in [1.165, 1.54) is 19.6 Å². The maximum absolute atomic E-state index is 4.16. The summed E-state index contributed by atoms with van der Waals surface area (Å²) in [5.74, 6) is 2.72. The quantitative estimate of drug-likeness (QED) is 0.760. The van der Waals surface area contributed by atoms with Gasteiger partial charge in [-0.3, -0.25) is 4.90 Å². The highest BCUT2D eigenvalue weighted by Gasteiger charge is 2.27. The Labute approximate surface area is 95.8 Å². The zero-order chi connectivity index (χ0) is 11.0. The van der Waals surface area contributed by atoms with E-state index in [1.807, 2.05) is 6.33 Å². The molecule has 2 unspecified atom stereocenters. The van der Waals surface area contributed by atoms with E-state index in [0.29, 0.717) is 0 Å². The van der Waals surface area contributed by atoms with Gasteiger partial charge in [0.05, 0.1) is 6.54 Å². The first-order chi connectivity index (χ1) is 7.83. The lowest BCUT2D eigenvalue weighted by atomic mass is 9.97. The smallest absolute Gasteiger partial charge is 0.147 e. The molecule has 0 bridgehead atoms. The van der Waals surface area contributed by atoms with E-state index >= 15 is 0 Å². The molecule has 0 spiro atoms. The summed E-state index contributed by atoms with van der Waals surface area (Å²) in [6.45, 7) is 9.02. The van der Waals surface area contributed by atoms with Gasteiger partial charge in [0.2, 0.25) is 0 Å². The van der Waals surface area contributed by atoms with Crippen LogP contribution in [0.15, 0.2) is 6.33 Å². The minimum atomic E-state index is 0.800. The second kappa shape index (κ2) is 4.14. The van der Waals surface area contributed by atoms with Gasteiger partial charge in [0.15, 0.2) is 0 Å². The fourth-order valence-electron chi connectivity index (χ4n) is 2.71. The van der Waals surface area contributed by atoms with Crippen LogP contribution in [-0.2, 0) is 13.1 Å². The summed E-state index contributed by atoms with van der Waals surface area (Å²) in [4.78, 5) is 2.51. The maximum Gasteiger partial charge on any atom is 0.147 e. The van der Waals surface area contributed by atoms with Crippen molar-refractivity contribution in [2.75, 3.05) is 26.2 Å². The summed E-state index contributed by atoms with van der Waals surface area (Å²) in [5.41, 5.74) is 0. The van der Waals surface area contributed by atoms with Gasteiger partial charge in [0.1, 0.15) is 12.2 Å². The summed E-state index contributed by atoms with van der Waals surface area (Å²) in [6.07, 6.45) is 1.84. The monoisotopic (exact) mass is 221 g/mol. The molecule has 1 saturated heterocycles. The van der Waals surface area contributed by atoms with Crippen molar-refractivity contribution >= 4 is 0 Å². The van der Waals surface area contributed by atoms with Crippen LogP contribution >= 0.6 is 0 Å². The molecule has 1 aromatic heterocycles. The largest absolute Gasteiger partial charge is 0.316 e. The van der Waals surface area contributed by atoms with Crippen LogP contribution in [0.2, 0.25) is 0 Å². The highest BCUT2D eigenvalue weighted by Crippen LogP contribution is 2.19. The molecule has 0 radical (unpaired) electrons. The third-order valence-corrected chi connectivity index (χ3v) is 3.89. The first-order valence-corrected chi connectivity index (χ1v) is 6.12. The Bertz CT molecular complexity index is 361. The van der Waals surface area contributed by atoms with Crippen molar-refractivity contribution in [1.29, 1.82) is 0 Å². The minimum absolute atomic E-state index is 0.800. The lowest BCUT2D eigenvalue weighted by Gasteiger charge is -2.30. The molecule has 0 aromatic carbocycles. The fourth-order valence-corrected chi connectivity index (χ4v) is 2.71. The molecule has 0 amide bonds. The van der Waals surface area contributed by atoms with Crippen molar-refractivity contribution in [2.24, 2.45) is 11.8 Å². The van der Waals surface area contributed by atoms with E-state index in [9.17, 15) is 0 Å². The number of fused-ring (bicyclic) bond motifs is 1. The van der Waals surface area contributed by atoms with Crippen molar-refractivity contribution in [3.8, 4) is 0 Å². The standard InChI is InChI=1S/C11H19N5/c1-9-4-12-5-10(9)6-15-2-3-16-8-13-14-11(16)7-15/h8-10,12H,2-7H2,1H3. The van der Waals surface area contributed by atoms with Crippen molar-refractivity contribution in [1.82, 2.24) is 25.0 Å². The van der Waals surface area contributed by atoms with Crippen LogP contribution in [0.4, 0.5) is 0 Å². The van der Waals surface area contributed by atoms with Gasteiger partial charge in [0, 0.05) is 19.6 Å². The van der Waals surface area contributed by atoms with Crippen LogP contribution in [0.3, 0.4) is 0 Å². The molecule has 2 aliphatic heterocycles. The molecule has 2 atom stereocenters. The molecule has 2 aliphatic rings. The Morgan fingerprint density at radius 3 is 3.19 bits per heavy atom. The van der Waals surface area contributed by atoms with Crippen LogP contribution in [0.1, 0.15) is 12.7 Å². The van der Waals surface area contributed by atoms with E-state index in [2.05, 4.69) is 31.9 Å². The van der Waals surface area contributed by atoms with Gasteiger partial charge in [-0.1, -0.05) is 6.92 Å². The second-order valence-electron chi connectivity index (χ2n) is 5.07. The van der Waals surface area contributed by atoms with Crippen molar-refractivity contribution in [2.45, 2.75) is 20.0 Å². The van der Waals surface area contributed by atoms with Crippen LogP contribution in [-0.4, -0.2) is 45.8 Å². The summed E-state index contributed by atoms with van der Waals surface area (Å²) in [7, 11) is 0. The van der Waals surface area contributed by atoms with Gasteiger partial charge in [-0.05, 0) is 24.9 Å². The van der Waals surface area contributed by atoms with E-state index in [1.54, 1.807) is 0 Å². The summed E-state index contributed by atoms with van der Waals surface area (Å²) in [6, 6.07) is 0. The number of nitrogens with one attached hydrogen (secondary N) is 1. The summed E-state index contributed by atoms with van der Waals surface area (Å²) in [5, 5.41) is 11.6. The molecule has 1 aromatic rings. The highest BCUT2D eigenvalue weighted by molar-refractivity contribution is 4.91. The Balaban J connectivity index is 1.61. The molecule has 0 aliphatic carbocycles. The zero-order valence-corrected chi connectivity index (χ0v) is 9.76. The van der Waals surface area contributed by atoms with Crippen LogP contribution in [0.5, 0.6) is 0 Å². The Morgan fingerprint density at radius 1 is 1.44 bits per heavy atom. The first kappa shape index (κ1) is 10.2. The predicted molar refractivity (Wildman–Crippen MR) is 60.8 cm³/mol. The number of hydrogen-bond donors (Lipinski definition) is 1. The average molecular weight is 221 g/mol. The zero-order valence-electron chi connectivity index (χ0n) is 9.76. The number of hydrogen-bond acceptors (Lipinski definition) is 4. The second-order valence-corrected chi connectivity index (χ2v) is 5.07. The van der Waals surface area contributed by atoms with Gasteiger partial charge in [0.25, 0.3) is 0 Å². The highest BCUT2D eigenvalue weighted by atomic mass is 15.3. The van der Waals surface area contributed by atoms with E-state index in [-0.39, 0.29) is 0 Å². The lowest BCUT2D eigenvalue weighted by molar-refractivity contribution is 0.176. The maximum atomic E-state index is 4.16. The normalized spacial score (nSPS) is 30.6. The first-order valence-electron chi connectivity index (χ1n) is 6.12. The topological polar surface area (TPSA) is 46.0 Å². The number of nitrogens with zero attached hydrogens (tertiary/aromatic N) is 4. The molecule has 88 valence electrons. The number of aromatic nitrogens is 3. The van der Waals surface area contributed by atoms with E-state index in [0.717, 1.165) is 37.3 Å². The summed E-state index contributed by atoms with van der Waals surface area (Å²) >= 11 is 0. The molecule has 3 rings (SSSR count). The minimum Gasteiger partial charge on any atom is -0.316 e. The number of rotatable bonds is 2. The van der Waals surface area contributed by atoms with Gasteiger partial charge in [-0.2, -0.15) is 0 Å². The SMILES string of the molecule is CC1CNCC1CN1CCn2cnnc2C1. The van der Waals surface area contributed by atoms with Gasteiger partial charge >= 0.3 is 0 Å². The molecule has 5 nitrogen and oxygen atoms in total. The van der Waals surface area contributed by atoms with E-state index < -0.39 is 0 Å². The van der Waals surface area contributed by atoms with Crippen molar-refractivity contribution in [3.63, 3.8) is 0 Å². The van der Waals surface area contributed by atoms with Gasteiger partial charge in [-0.25, -0.2) is 0 Å². The van der Waals surface area contributed by atoms with Crippen LogP contribution in [0, 0.1) is 11.8 Å². The van der Waals surface area contributed by atoms with Crippen molar-refractivity contribution < 1.29 is 0 Å². The fraction of sp³-hybridized carbons (Fsp3) is 0.818. The average Bonchev–Trinajstić information content (AvgIpc) is 2.88. The Morgan fingerprint density at radius 2 is 2.38 bits per heavy atom. The molecule has 0 saturated carbocycles. The Kier molecular flexibility index (Phi) is 2.65. The summed E-state index contributed by atoms with van der Waals surface area (Å²) < 4.78 is 2.16. The van der Waals surface area contributed by atoms with Crippen LogP contribution < -0.4 is 5.32 Å². The van der Waals surface area contributed by atoms with E-state index in [4.69, 9.17) is 0 Å². The third kappa shape index (κ3) is 1.85. The molecular weight excluding hydrogens is 202 g/mol. The lowest BCUT2D eigenvalue weighted by Crippen LogP contribution is -2.38. The molecule has 1 fully saturated rings. The van der Waals surface area contributed by atoms with Gasteiger partial charge < -0.3 is 9.88 Å². The Hall–Kier alpha value is -0.940. The molecule has 1 N–H and O–H groups in total. The molecule has 5 heteroatoms. The molecular formula is C11H19N5. The predicted octanol–water partition coefficient (Wildman–Crippen LogP) is -0.0508. The molecule has 16 heavy (non-hydrogen) atoms. The third-order valence-electron chi connectivity index (χ3n) is 3.89. The molecule has 3 heterocycles. The van der Waals surface area contributed by atoms with Gasteiger partial charge in [-0.15, -0.1) is 10.2 Å². The van der Waals surface area contributed by atoms with Crippen LogP contribution in [0.25, 0.3) is 0 Å².